The molecule has 0 heterocycles. The summed E-state index contributed by atoms with van der Waals surface area (Å²) in [6.45, 7) is 4.59. The predicted molar refractivity (Wildman–Crippen MR) is 81.8 cm³/mol. The van der Waals surface area contributed by atoms with Crippen molar-refractivity contribution in [1.82, 2.24) is 4.90 Å². The van der Waals surface area contributed by atoms with Crippen LogP contribution in [0, 0.1) is 5.92 Å². The van der Waals surface area contributed by atoms with Crippen LogP contribution in [0.25, 0.3) is 0 Å². The third-order valence-electron chi connectivity index (χ3n) is 3.69. The zero-order valence-corrected chi connectivity index (χ0v) is 12.9. The fourth-order valence-electron chi connectivity index (χ4n) is 2.10. The van der Waals surface area contributed by atoms with Gasteiger partial charge in [-0.05, 0) is 37.4 Å². The quantitative estimate of drug-likeness (QED) is 0.830. The number of likely N-dealkylation sites (N-methyl/N-ethyl adjacent to an activating group) is 1. The van der Waals surface area contributed by atoms with Gasteiger partial charge in [-0.1, -0.05) is 25.1 Å². The number of rotatable bonds is 7. The first-order chi connectivity index (χ1) is 9.49. The molecule has 4 heteroatoms. The lowest BCUT2D eigenvalue weighted by molar-refractivity contribution is -0.132. The van der Waals surface area contributed by atoms with Gasteiger partial charge < -0.3 is 15.4 Å². The van der Waals surface area contributed by atoms with Gasteiger partial charge in [-0.15, -0.1) is 0 Å². The molecule has 0 aliphatic rings. The van der Waals surface area contributed by atoms with Crippen molar-refractivity contribution in [2.45, 2.75) is 32.7 Å². The van der Waals surface area contributed by atoms with Crippen molar-refractivity contribution in [3.05, 3.63) is 29.8 Å². The van der Waals surface area contributed by atoms with Crippen molar-refractivity contribution in [2.75, 3.05) is 20.7 Å². The molecule has 20 heavy (non-hydrogen) atoms. The minimum Gasteiger partial charge on any atom is -0.496 e. The first-order valence-electron chi connectivity index (χ1n) is 7.07. The molecule has 1 rings (SSSR count). The lowest BCUT2D eigenvalue weighted by Crippen LogP contribution is -2.37. The smallest absolute Gasteiger partial charge is 0.222 e. The molecular weight excluding hydrogens is 252 g/mol. The molecule has 2 N–H and O–H groups in total. The van der Waals surface area contributed by atoms with Crippen molar-refractivity contribution in [3.63, 3.8) is 0 Å². The number of benzene rings is 1. The van der Waals surface area contributed by atoms with Gasteiger partial charge in [0.15, 0.2) is 0 Å². The molecule has 112 valence electrons. The Kier molecular flexibility index (Phi) is 6.52. The van der Waals surface area contributed by atoms with Crippen molar-refractivity contribution in [1.29, 1.82) is 0 Å². The van der Waals surface area contributed by atoms with Gasteiger partial charge in [0.1, 0.15) is 5.75 Å². The van der Waals surface area contributed by atoms with Gasteiger partial charge in [0.2, 0.25) is 5.91 Å². The second-order valence-electron chi connectivity index (χ2n) is 5.41. The van der Waals surface area contributed by atoms with Crippen LogP contribution in [0.3, 0.4) is 0 Å². The molecule has 0 aromatic heterocycles. The van der Waals surface area contributed by atoms with E-state index < -0.39 is 0 Å². The highest BCUT2D eigenvalue weighted by Gasteiger charge is 2.19. The van der Waals surface area contributed by atoms with Gasteiger partial charge in [-0.25, -0.2) is 0 Å². The molecule has 4 nitrogen and oxygen atoms in total. The molecule has 1 aromatic rings. The second-order valence-corrected chi connectivity index (χ2v) is 5.41. The van der Waals surface area contributed by atoms with E-state index in [0.29, 0.717) is 13.0 Å². The Morgan fingerprint density at radius 2 is 2.00 bits per heavy atom. The van der Waals surface area contributed by atoms with Gasteiger partial charge in [-0.2, -0.15) is 0 Å². The van der Waals surface area contributed by atoms with Gasteiger partial charge in [0.25, 0.3) is 0 Å². The molecule has 1 amide bonds. The maximum absolute atomic E-state index is 12.1. The fourth-order valence-corrected chi connectivity index (χ4v) is 2.10. The molecule has 0 fully saturated rings. The maximum Gasteiger partial charge on any atom is 0.222 e. The number of para-hydroxylation sites is 1. The van der Waals surface area contributed by atoms with Gasteiger partial charge in [-0.3, -0.25) is 4.79 Å². The van der Waals surface area contributed by atoms with E-state index in [9.17, 15) is 4.79 Å². The van der Waals surface area contributed by atoms with Crippen LogP contribution in [-0.4, -0.2) is 37.6 Å². The van der Waals surface area contributed by atoms with E-state index in [2.05, 4.69) is 6.92 Å². The normalized spacial score (nSPS) is 13.7. The minimum absolute atomic E-state index is 0.128. The highest BCUT2D eigenvalue weighted by Crippen LogP contribution is 2.20. The van der Waals surface area contributed by atoms with Crippen molar-refractivity contribution in [3.8, 4) is 5.75 Å². The van der Waals surface area contributed by atoms with E-state index in [4.69, 9.17) is 10.5 Å². The van der Waals surface area contributed by atoms with E-state index >= 15 is 0 Å². The summed E-state index contributed by atoms with van der Waals surface area (Å²) in [5.74, 6) is 1.24. The summed E-state index contributed by atoms with van der Waals surface area (Å²) in [7, 11) is 3.52. The van der Waals surface area contributed by atoms with Crippen molar-refractivity contribution in [2.24, 2.45) is 11.7 Å². The predicted octanol–water partition coefficient (Wildman–Crippen LogP) is 2.07. The van der Waals surface area contributed by atoms with Crippen molar-refractivity contribution >= 4 is 5.91 Å². The zero-order chi connectivity index (χ0) is 15.1. The number of ether oxygens (including phenoxy) is 1. The molecule has 2 atom stereocenters. The minimum atomic E-state index is 0.128. The van der Waals surface area contributed by atoms with Crippen LogP contribution in [0.5, 0.6) is 5.75 Å². The Morgan fingerprint density at radius 3 is 2.60 bits per heavy atom. The molecular formula is C16H26N2O2. The van der Waals surface area contributed by atoms with E-state index in [1.54, 1.807) is 12.0 Å². The Morgan fingerprint density at radius 1 is 1.35 bits per heavy atom. The van der Waals surface area contributed by atoms with Gasteiger partial charge >= 0.3 is 0 Å². The van der Waals surface area contributed by atoms with Crippen LogP contribution in [0.4, 0.5) is 0 Å². The van der Waals surface area contributed by atoms with Crippen LogP contribution >= 0.6 is 0 Å². The van der Waals surface area contributed by atoms with Crippen LogP contribution in [0.15, 0.2) is 24.3 Å². The summed E-state index contributed by atoms with van der Waals surface area (Å²) < 4.78 is 5.35. The zero-order valence-electron chi connectivity index (χ0n) is 12.9. The second kappa shape index (κ2) is 7.90. The molecule has 1 aromatic carbocycles. The van der Waals surface area contributed by atoms with Crippen molar-refractivity contribution < 1.29 is 9.53 Å². The van der Waals surface area contributed by atoms with E-state index in [0.717, 1.165) is 17.7 Å². The summed E-state index contributed by atoms with van der Waals surface area (Å²) in [6, 6.07) is 8.05. The van der Waals surface area contributed by atoms with E-state index in [-0.39, 0.29) is 17.9 Å². The number of amides is 1. The average Bonchev–Trinajstić information content (AvgIpc) is 2.46. The standard InChI is InChI=1S/C16H26N2O2/c1-12(11-17)9-16(19)18(3)13(2)10-14-7-5-6-8-15(14)20-4/h5-8,12-13H,9-11,17H2,1-4H3. The highest BCUT2D eigenvalue weighted by atomic mass is 16.5. The number of nitrogens with zero attached hydrogens (tertiary/aromatic N) is 1. The Balaban J connectivity index is 2.65. The Labute approximate surface area is 121 Å². The summed E-state index contributed by atoms with van der Waals surface area (Å²) >= 11 is 0. The van der Waals surface area contributed by atoms with Gasteiger partial charge in [0, 0.05) is 19.5 Å². The summed E-state index contributed by atoms with van der Waals surface area (Å²) in [5, 5.41) is 0. The largest absolute Gasteiger partial charge is 0.496 e. The van der Waals surface area contributed by atoms with E-state index in [1.165, 1.54) is 0 Å². The third kappa shape index (κ3) is 4.53. The number of hydrogen-bond donors (Lipinski definition) is 1. The monoisotopic (exact) mass is 278 g/mol. The molecule has 0 radical (unpaired) electrons. The number of carbonyl (C=O) groups is 1. The summed E-state index contributed by atoms with van der Waals surface area (Å²) in [6.07, 6.45) is 1.28. The number of nitrogens with two attached hydrogens (primary N) is 1. The molecule has 0 saturated carbocycles. The highest BCUT2D eigenvalue weighted by molar-refractivity contribution is 5.76. The molecule has 2 unspecified atom stereocenters. The number of methoxy groups -OCH3 is 1. The van der Waals surface area contributed by atoms with Crippen LogP contribution < -0.4 is 10.5 Å². The van der Waals surface area contributed by atoms with Crippen LogP contribution in [-0.2, 0) is 11.2 Å². The van der Waals surface area contributed by atoms with Crippen LogP contribution in [0.2, 0.25) is 0 Å². The lowest BCUT2D eigenvalue weighted by Gasteiger charge is -2.26. The Bertz CT molecular complexity index is 434. The van der Waals surface area contributed by atoms with Gasteiger partial charge in [0.05, 0.1) is 7.11 Å². The van der Waals surface area contributed by atoms with Crippen LogP contribution in [0.1, 0.15) is 25.8 Å². The molecule has 0 aliphatic carbocycles. The lowest BCUT2D eigenvalue weighted by atomic mass is 10.0. The molecule has 0 spiro atoms. The van der Waals surface area contributed by atoms with E-state index in [1.807, 2.05) is 38.2 Å². The number of carbonyl (C=O) groups excluding carboxylic acids is 1. The first kappa shape index (κ1) is 16.5. The number of hydrogen-bond acceptors (Lipinski definition) is 3. The maximum atomic E-state index is 12.1. The summed E-state index contributed by atoms with van der Waals surface area (Å²) in [4.78, 5) is 13.9. The topological polar surface area (TPSA) is 55.6 Å². The fraction of sp³-hybridized carbons (Fsp3) is 0.562. The molecule has 0 bridgehead atoms. The Hall–Kier alpha value is -1.55. The molecule has 0 aliphatic heterocycles. The first-order valence-corrected chi connectivity index (χ1v) is 7.07. The SMILES string of the molecule is COc1ccccc1CC(C)N(C)C(=O)CC(C)CN. The average molecular weight is 278 g/mol. The molecule has 0 saturated heterocycles. The summed E-state index contributed by atoms with van der Waals surface area (Å²) in [5.41, 5.74) is 6.69. The third-order valence-corrected chi connectivity index (χ3v) is 3.69.